The summed E-state index contributed by atoms with van der Waals surface area (Å²) >= 11 is 1.90. The Balaban J connectivity index is 2.76. The van der Waals surface area contributed by atoms with E-state index in [4.69, 9.17) is 0 Å². The Morgan fingerprint density at radius 2 is 1.94 bits per heavy atom. The summed E-state index contributed by atoms with van der Waals surface area (Å²) in [7, 11) is 0. The van der Waals surface area contributed by atoms with Crippen LogP contribution in [-0.2, 0) is 4.79 Å². The van der Waals surface area contributed by atoms with Gasteiger partial charge in [-0.25, -0.2) is 0 Å². The zero-order valence-electron chi connectivity index (χ0n) is 11.7. The summed E-state index contributed by atoms with van der Waals surface area (Å²) in [6.45, 7) is 9.45. The molecule has 4 heteroatoms. The third-order valence-corrected chi connectivity index (χ3v) is 5.65. The Bertz CT molecular complexity index is 258. The quantitative estimate of drug-likeness (QED) is 0.794. The molecule has 1 N–H and O–H groups in total. The molecule has 2 unspecified atom stereocenters. The maximum atomic E-state index is 12.2. The zero-order valence-corrected chi connectivity index (χ0v) is 12.6. The van der Waals surface area contributed by atoms with Gasteiger partial charge in [-0.1, -0.05) is 20.8 Å². The molecule has 0 aliphatic carbocycles. The van der Waals surface area contributed by atoms with Crippen molar-refractivity contribution in [3.05, 3.63) is 0 Å². The molecule has 1 fully saturated rings. The molecule has 100 valence electrons. The van der Waals surface area contributed by atoms with Gasteiger partial charge in [-0.2, -0.15) is 11.8 Å². The molecule has 0 aromatic heterocycles. The molecule has 1 heterocycles. The maximum absolute atomic E-state index is 12.2. The van der Waals surface area contributed by atoms with Gasteiger partial charge in [0.15, 0.2) is 0 Å². The van der Waals surface area contributed by atoms with Gasteiger partial charge in [0.05, 0.1) is 12.2 Å². The Morgan fingerprint density at radius 3 is 2.29 bits per heavy atom. The highest BCUT2D eigenvalue weighted by molar-refractivity contribution is 8.00. The normalized spacial score (nSPS) is 25.7. The molecular formula is C13H26N2OS. The summed E-state index contributed by atoms with van der Waals surface area (Å²) in [5, 5.41) is 3.37. The molecule has 0 spiro atoms. The van der Waals surface area contributed by atoms with E-state index in [1.807, 2.05) is 16.7 Å². The monoisotopic (exact) mass is 258 g/mol. The number of hydrogen-bond acceptors (Lipinski definition) is 3. The molecule has 17 heavy (non-hydrogen) atoms. The van der Waals surface area contributed by atoms with E-state index in [9.17, 15) is 4.79 Å². The van der Waals surface area contributed by atoms with Gasteiger partial charge < -0.3 is 4.90 Å². The number of hydrogen-bond donors (Lipinski definition) is 1. The van der Waals surface area contributed by atoms with Gasteiger partial charge in [-0.15, -0.1) is 0 Å². The number of rotatable bonds is 6. The summed E-state index contributed by atoms with van der Waals surface area (Å²) in [5.74, 6) is 0.278. The van der Waals surface area contributed by atoms with Gasteiger partial charge in [0.25, 0.3) is 0 Å². The van der Waals surface area contributed by atoms with Crippen LogP contribution in [0.3, 0.4) is 0 Å². The summed E-state index contributed by atoms with van der Waals surface area (Å²) in [4.78, 5) is 14.3. The van der Waals surface area contributed by atoms with Crippen molar-refractivity contribution in [2.24, 2.45) is 0 Å². The van der Waals surface area contributed by atoms with Crippen molar-refractivity contribution in [2.75, 3.05) is 12.8 Å². The molecule has 0 bridgehead atoms. The highest BCUT2D eigenvalue weighted by atomic mass is 32.2. The summed E-state index contributed by atoms with van der Waals surface area (Å²) in [5.41, 5.74) is 0. The summed E-state index contributed by atoms with van der Waals surface area (Å²) in [6.07, 6.45) is 5.43. The first-order chi connectivity index (χ1) is 8.03. The lowest BCUT2D eigenvalue weighted by molar-refractivity contribution is -0.130. The third kappa shape index (κ3) is 2.97. The van der Waals surface area contributed by atoms with Crippen molar-refractivity contribution in [2.45, 2.75) is 63.9 Å². The molecule has 0 saturated carbocycles. The number of carbonyl (C=O) groups is 1. The number of nitrogens with zero attached hydrogens (tertiary/aromatic N) is 1. The van der Waals surface area contributed by atoms with E-state index in [1.54, 1.807) is 0 Å². The highest BCUT2D eigenvalue weighted by Crippen LogP contribution is 2.33. The average molecular weight is 258 g/mol. The van der Waals surface area contributed by atoms with Crippen LogP contribution in [0.1, 0.15) is 47.0 Å². The first-order valence-corrected chi connectivity index (χ1v) is 7.87. The lowest BCUT2D eigenvalue weighted by Crippen LogP contribution is -2.45. The number of amides is 1. The molecule has 1 aliphatic heterocycles. The minimum atomic E-state index is 0.0262. The van der Waals surface area contributed by atoms with Gasteiger partial charge in [0, 0.05) is 11.3 Å². The van der Waals surface area contributed by atoms with Crippen LogP contribution >= 0.6 is 11.8 Å². The predicted octanol–water partition coefficient (Wildman–Crippen LogP) is 2.46. The number of nitrogens with one attached hydrogen (secondary N) is 1. The molecule has 1 amide bonds. The number of thioether (sulfide) groups is 1. The zero-order chi connectivity index (χ0) is 13.1. The van der Waals surface area contributed by atoms with E-state index in [-0.39, 0.29) is 22.9 Å². The highest BCUT2D eigenvalue weighted by Gasteiger charge is 2.39. The second-order valence-corrected chi connectivity index (χ2v) is 6.14. The van der Waals surface area contributed by atoms with Crippen LogP contribution in [0.2, 0.25) is 0 Å². The molecule has 1 saturated heterocycles. The van der Waals surface area contributed by atoms with Crippen molar-refractivity contribution < 1.29 is 4.79 Å². The van der Waals surface area contributed by atoms with Crippen LogP contribution in [0.15, 0.2) is 0 Å². The molecule has 1 aliphatic rings. The standard InChI is InChI=1S/C13H26N2OS/c1-6-11-12(16)15(10(4)14-11)9-13(7-2,8-3)17-5/h10-11,14H,6-9H2,1-5H3. The van der Waals surface area contributed by atoms with Crippen molar-refractivity contribution in [3.63, 3.8) is 0 Å². The molecule has 1 rings (SSSR count). The van der Waals surface area contributed by atoms with Gasteiger partial charge in [0.1, 0.15) is 0 Å². The average Bonchev–Trinajstić information content (AvgIpc) is 2.62. The van der Waals surface area contributed by atoms with Crippen LogP contribution in [-0.4, -0.2) is 40.6 Å². The summed E-state index contributed by atoms with van der Waals surface area (Å²) < 4.78 is 0.216. The third-order valence-electron chi connectivity index (χ3n) is 4.08. The second kappa shape index (κ2) is 6.10. The Morgan fingerprint density at radius 1 is 1.35 bits per heavy atom. The Hall–Kier alpha value is -0.220. The SMILES string of the molecule is CCC1NC(C)N(CC(CC)(CC)SC)C1=O. The van der Waals surface area contributed by atoms with Gasteiger partial charge in [-0.05, 0) is 32.4 Å². The largest absolute Gasteiger partial charge is 0.325 e. The molecule has 3 nitrogen and oxygen atoms in total. The van der Waals surface area contributed by atoms with Crippen molar-refractivity contribution in [1.29, 1.82) is 0 Å². The van der Waals surface area contributed by atoms with Crippen LogP contribution in [0.4, 0.5) is 0 Å². The van der Waals surface area contributed by atoms with Gasteiger partial charge in [-0.3, -0.25) is 10.1 Å². The molecular weight excluding hydrogens is 232 g/mol. The van der Waals surface area contributed by atoms with E-state index in [0.717, 1.165) is 25.8 Å². The van der Waals surface area contributed by atoms with E-state index < -0.39 is 0 Å². The maximum Gasteiger partial charge on any atom is 0.241 e. The van der Waals surface area contributed by atoms with E-state index in [0.29, 0.717) is 0 Å². The lowest BCUT2D eigenvalue weighted by atomic mass is 10.0. The molecule has 2 atom stereocenters. The Kier molecular flexibility index (Phi) is 5.32. The smallest absolute Gasteiger partial charge is 0.241 e. The fraction of sp³-hybridized carbons (Fsp3) is 0.923. The van der Waals surface area contributed by atoms with Crippen LogP contribution in [0.25, 0.3) is 0 Å². The first-order valence-electron chi connectivity index (χ1n) is 6.65. The van der Waals surface area contributed by atoms with Gasteiger partial charge in [0.2, 0.25) is 5.91 Å². The first kappa shape index (κ1) is 14.8. The van der Waals surface area contributed by atoms with Gasteiger partial charge >= 0.3 is 0 Å². The minimum absolute atomic E-state index is 0.0262. The predicted molar refractivity (Wildman–Crippen MR) is 75.2 cm³/mol. The molecule has 0 radical (unpaired) electrons. The molecule has 0 aromatic rings. The van der Waals surface area contributed by atoms with Crippen LogP contribution in [0, 0.1) is 0 Å². The van der Waals surface area contributed by atoms with Crippen molar-refractivity contribution in [1.82, 2.24) is 10.2 Å². The van der Waals surface area contributed by atoms with Crippen LogP contribution < -0.4 is 5.32 Å². The summed E-state index contributed by atoms with van der Waals surface area (Å²) in [6, 6.07) is 0.0262. The fourth-order valence-electron chi connectivity index (χ4n) is 2.49. The van der Waals surface area contributed by atoms with Crippen LogP contribution in [0.5, 0.6) is 0 Å². The van der Waals surface area contributed by atoms with Crippen molar-refractivity contribution in [3.8, 4) is 0 Å². The van der Waals surface area contributed by atoms with E-state index in [2.05, 4.69) is 39.3 Å². The minimum Gasteiger partial charge on any atom is -0.325 e. The van der Waals surface area contributed by atoms with E-state index >= 15 is 0 Å². The second-order valence-electron chi connectivity index (χ2n) is 4.86. The Labute approximate surface area is 110 Å². The topological polar surface area (TPSA) is 32.3 Å². The number of carbonyl (C=O) groups excluding carboxylic acids is 1. The fourth-order valence-corrected chi connectivity index (χ4v) is 3.33. The van der Waals surface area contributed by atoms with E-state index in [1.165, 1.54) is 0 Å². The molecule has 0 aromatic carbocycles. The lowest BCUT2D eigenvalue weighted by Gasteiger charge is -2.35. The van der Waals surface area contributed by atoms with Crippen molar-refractivity contribution >= 4 is 17.7 Å².